The fraction of sp³-hybridized carbons (Fsp3) is 0.900. The first-order valence-corrected chi connectivity index (χ1v) is 5.21. The van der Waals surface area contributed by atoms with Crippen molar-refractivity contribution in [2.24, 2.45) is 5.92 Å². The first kappa shape index (κ1) is 9.00. The fourth-order valence-electron chi connectivity index (χ4n) is 2.20. The summed E-state index contributed by atoms with van der Waals surface area (Å²) in [4.78, 5) is 13.0. The van der Waals surface area contributed by atoms with E-state index >= 15 is 0 Å². The zero-order chi connectivity index (χ0) is 9.26. The Morgan fingerprint density at radius 1 is 1.38 bits per heavy atom. The summed E-state index contributed by atoms with van der Waals surface area (Å²) >= 11 is 0. The number of carboxylic acids is 1. The monoisotopic (exact) mass is 183 g/mol. The Balaban J connectivity index is 1.81. The first-order valence-electron chi connectivity index (χ1n) is 5.21. The van der Waals surface area contributed by atoms with E-state index < -0.39 is 5.97 Å². The van der Waals surface area contributed by atoms with Gasteiger partial charge in [0.2, 0.25) is 0 Å². The second-order valence-electron chi connectivity index (χ2n) is 4.33. The molecule has 1 N–H and O–H groups in total. The number of nitrogens with zero attached hydrogens (tertiary/aromatic N) is 1. The van der Waals surface area contributed by atoms with Gasteiger partial charge in [0.05, 0.1) is 6.42 Å². The van der Waals surface area contributed by atoms with Gasteiger partial charge in [0, 0.05) is 12.6 Å². The lowest BCUT2D eigenvalue weighted by Crippen LogP contribution is -2.32. The SMILES string of the molecule is O=C(O)CC1CCCN1CC1CC1. The van der Waals surface area contributed by atoms with Gasteiger partial charge >= 0.3 is 5.97 Å². The summed E-state index contributed by atoms with van der Waals surface area (Å²) in [6.45, 7) is 2.27. The number of rotatable bonds is 4. The highest BCUT2D eigenvalue weighted by Crippen LogP contribution is 2.32. The molecule has 0 radical (unpaired) electrons. The van der Waals surface area contributed by atoms with E-state index in [0.29, 0.717) is 12.5 Å². The van der Waals surface area contributed by atoms with Crippen molar-refractivity contribution in [3.63, 3.8) is 0 Å². The highest BCUT2D eigenvalue weighted by Gasteiger charge is 2.31. The number of aliphatic carboxylic acids is 1. The van der Waals surface area contributed by atoms with Crippen LogP contribution >= 0.6 is 0 Å². The lowest BCUT2D eigenvalue weighted by atomic mass is 10.1. The van der Waals surface area contributed by atoms with E-state index in [-0.39, 0.29) is 0 Å². The van der Waals surface area contributed by atoms with Crippen molar-refractivity contribution >= 4 is 5.97 Å². The van der Waals surface area contributed by atoms with Crippen LogP contribution < -0.4 is 0 Å². The lowest BCUT2D eigenvalue weighted by Gasteiger charge is -2.22. The Bertz CT molecular complexity index is 201. The Kier molecular flexibility index (Phi) is 2.54. The molecule has 0 amide bonds. The predicted molar refractivity (Wildman–Crippen MR) is 49.6 cm³/mol. The molecule has 2 fully saturated rings. The maximum Gasteiger partial charge on any atom is 0.304 e. The molecule has 0 aromatic carbocycles. The molecule has 3 heteroatoms. The van der Waals surface area contributed by atoms with E-state index in [9.17, 15) is 4.79 Å². The van der Waals surface area contributed by atoms with Gasteiger partial charge in [-0.15, -0.1) is 0 Å². The van der Waals surface area contributed by atoms with Gasteiger partial charge in [0.15, 0.2) is 0 Å². The van der Waals surface area contributed by atoms with Crippen LogP contribution in [-0.2, 0) is 4.79 Å². The maximum absolute atomic E-state index is 10.6. The molecule has 0 bridgehead atoms. The molecule has 1 aliphatic carbocycles. The van der Waals surface area contributed by atoms with Crippen molar-refractivity contribution < 1.29 is 9.90 Å². The summed E-state index contributed by atoms with van der Waals surface area (Å²) < 4.78 is 0. The third-order valence-corrected chi connectivity index (χ3v) is 3.10. The molecule has 1 aliphatic heterocycles. The van der Waals surface area contributed by atoms with Crippen molar-refractivity contribution in [2.45, 2.75) is 38.1 Å². The molecule has 1 unspecified atom stereocenters. The minimum absolute atomic E-state index is 0.332. The van der Waals surface area contributed by atoms with Crippen molar-refractivity contribution in [3.8, 4) is 0 Å². The van der Waals surface area contributed by atoms with Gasteiger partial charge in [-0.25, -0.2) is 0 Å². The van der Waals surface area contributed by atoms with Crippen molar-refractivity contribution in [3.05, 3.63) is 0 Å². The second-order valence-corrected chi connectivity index (χ2v) is 4.33. The van der Waals surface area contributed by atoms with Gasteiger partial charge in [-0.1, -0.05) is 0 Å². The first-order chi connectivity index (χ1) is 6.25. The van der Waals surface area contributed by atoms with Crippen LogP contribution in [0.5, 0.6) is 0 Å². The van der Waals surface area contributed by atoms with E-state index in [4.69, 9.17) is 5.11 Å². The van der Waals surface area contributed by atoms with Crippen LogP contribution in [0, 0.1) is 5.92 Å². The van der Waals surface area contributed by atoms with Crippen LogP contribution in [0.4, 0.5) is 0 Å². The standard InChI is InChI=1S/C10H17NO2/c12-10(13)6-9-2-1-5-11(9)7-8-3-4-8/h8-9H,1-7H2,(H,12,13). The fourth-order valence-corrected chi connectivity index (χ4v) is 2.20. The van der Waals surface area contributed by atoms with Gasteiger partial charge in [0.25, 0.3) is 0 Å². The average Bonchev–Trinajstić information content (AvgIpc) is 2.75. The quantitative estimate of drug-likeness (QED) is 0.715. The summed E-state index contributed by atoms with van der Waals surface area (Å²) in [5, 5.41) is 8.71. The Hall–Kier alpha value is -0.570. The third kappa shape index (κ3) is 2.44. The van der Waals surface area contributed by atoms with E-state index in [1.54, 1.807) is 0 Å². The van der Waals surface area contributed by atoms with Gasteiger partial charge in [-0.2, -0.15) is 0 Å². The summed E-state index contributed by atoms with van der Waals surface area (Å²) in [5.41, 5.74) is 0. The number of carboxylic acid groups (broad SMARTS) is 1. The summed E-state index contributed by atoms with van der Waals surface area (Å²) in [6, 6.07) is 0.332. The molecule has 1 heterocycles. The largest absolute Gasteiger partial charge is 0.481 e. The van der Waals surface area contributed by atoms with Gasteiger partial charge < -0.3 is 5.11 Å². The number of carbonyl (C=O) groups is 1. The Morgan fingerprint density at radius 2 is 2.15 bits per heavy atom. The van der Waals surface area contributed by atoms with Crippen LogP contribution in [0.2, 0.25) is 0 Å². The highest BCUT2D eigenvalue weighted by atomic mass is 16.4. The zero-order valence-electron chi connectivity index (χ0n) is 7.91. The van der Waals surface area contributed by atoms with Crippen molar-refractivity contribution in [1.29, 1.82) is 0 Å². The van der Waals surface area contributed by atoms with Crippen LogP contribution in [0.15, 0.2) is 0 Å². The van der Waals surface area contributed by atoms with Crippen LogP contribution in [-0.4, -0.2) is 35.1 Å². The minimum atomic E-state index is -0.646. The molecule has 74 valence electrons. The van der Waals surface area contributed by atoms with Crippen LogP contribution in [0.25, 0.3) is 0 Å². The molecule has 2 aliphatic rings. The lowest BCUT2D eigenvalue weighted by molar-refractivity contribution is -0.138. The zero-order valence-corrected chi connectivity index (χ0v) is 7.91. The van der Waals surface area contributed by atoms with Crippen LogP contribution in [0.3, 0.4) is 0 Å². The summed E-state index contributed by atoms with van der Waals surface area (Å²) in [6.07, 6.45) is 5.32. The Labute approximate surface area is 78.7 Å². The van der Waals surface area contributed by atoms with Crippen molar-refractivity contribution in [1.82, 2.24) is 4.90 Å². The molecule has 0 aromatic heterocycles. The smallest absolute Gasteiger partial charge is 0.304 e. The maximum atomic E-state index is 10.6. The van der Waals surface area contributed by atoms with E-state index in [2.05, 4.69) is 4.90 Å². The minimum Gasteiger partial charge on any atom is -0.481 e. The molecule has 2 rings (SSSR count). The summed E-state index contributed by atoms with van der Waals surface area (Å²) in [5.74, 6) is 0.238. The molecule has 3 nitrogen and oxygen atoms in total. The molecule has 1 atom stereocenters. The normalized spacial score (nSPS) is 29.4. The predicted octanol–water partition coefficient (Wildman–Crippen LogP) is 1.34. The average molecular weight is 183 g/mol. The van der Waals surface area contributed by atoms with Gasteiger partial charge in [-0.05, 0) is 38.1 Å². The molecule has 13 heavy (non-hydrogen) atoms. The molecule has 0 spiro atoms. The second kappa shape index (κ2) is 3.66. The molecule has 1 saturated heterocycles. The van der Waals surface area contributed by atoms with E-state index in [1.165, 1.54) is 19.3 Å². The van der Waals surface area contributed by atoms with Crippen LogP contribution in [0.1, 0.15) is 32.1 Å². The Morgan fingerprint density at radius 3 is 2.77 bits per heavy atom. The topological polar surface area (TPSA) is 40.5 Å². The number of hydrogen-bond donors (Lipinski definition) is 1. The third-order valence-electron chi connectivity index (χ3n) is 3.10. The van der Waals surface area contributed by atoms with E-state index in [1.807, 2.05) is 0 Å². The highest BCUT2D eigenvalue weighted by molar-refractivity contribution is 5.67. The molecule has 0 aromatic rings. The van der Waals surface area contributed by atoms with Crippen molar-refractivity contribution in [2.75, 3.05) is 13.1 Å². The molecular weight excluding hydrogens is 166 g/mol. The molecular formula is C10H17NO2. The number of hydrogen-bond acceptors (Lipinski definition) is 2. The summed E-state index contributed by atoms with van der Waals surface area (Å²) in [7, 11) is 0. The molecule has 1 saturated carbocycles. The van der Waals surface area contributed by atoms with Gasteiger partial charge in [0.1, 0.15) is 0 Å². The number of likely N-dealkylation sites (tertiary alicyclic amines) is 1. The van der Waals surface area contributed by atoms with Gasteiger partial charge in [-0.3, -0.25) is 9.69 Å². The van der Waals surface area contributed by atoms with E-state index in [0.717, 1.165) is 25.4 Å².